The van der Waals surface area contributed by atoms with Crippen LogP contribution in [-0.2, 0) is 115 Å². The van der Waals surface area contributed by atoms with E-state index in [9.17, 15) is 121 Å². The van der Waals surface area contributed by atoms with Crippen LogP contribution < -0.4 is 36.4 Å². The summed E-state index contributed by atoms with van der Waals surface area (Å²) >= 11 is 0. The maximum absolute atomic E-state index is 13.2. The maximum Gasteiger partial charge on any atom is 0.332 e. The fourth-order valence-electron chi connectivity index (χ4n) is 21.2. The summed E-state index contributed by atoms with van der Waals surface area (Å²) in [6.07, 6.45) is 24.3. The van der Waals surface area contributed by atoms with Crippen LogP contribution in [0.15, 0.2) is 101 Å². The number of amides is 9. The SMILES string of the molecule is C=CCCCCN(C)C(=O)[C@@H]1C[C@H](O)C[C@H]1C(=O)N[C@]1(C(=O)NS(=O)(=O)C2CC2)C[C@H]1C=C.C=CCCCCN(C)C(=O)[C@@H]1C[C@H](O)C[C@H]1C(=O)N[C@]1(C(=O)O)C[C@H]1C=C.C=CCCCCN(C)C(=O)[C@@H]1C[C@H](O)C[C@H]1C(=O)N[C@]1(C(=O)OCC)C[C@H]1C=C.C=C[C@@H]1C[C@]1(NC(=O)C1CC2CC1C(=O)O2)C(=O)OCC.C=C[C@@H]1C[C@]1(NC(=O)[C@@H]1C[C@@H](O)C[C@H]1C(=O)[O-])C(=O)OCC.O=C(O)C1CC2CC1C(=O)O2. The van der Waals surface area contributed by atoms with Gasteiger partial charge in [0.25, 0.3) is 5.91 Å². The van der Waals surface area contributed by atoms with Gasteiger partial charge in [-0.05, 0) is 201 Å². The number of esters is 5. The van der Waals surface area contributed by atoms with Crippen LogP contribution in [0.2, 0.25) is 0 Å². The number of nitrogens with one attached hydrogen (secondary N) is 6. The van der Waals surface area contributed by atoms with Crippen molar-refractivity contribution in [2.24, 2.45) is 101 Å². The Morgan fingerprint density at radius 2 is 0.664 bits per heavy atom. The highest BCUT2D eigenvalue weighted by molar-refractivity contribution is 7.91. The molecule has 143 heavy (non-hydrogen) atoms. The van der Waals surface area contributed by atoms with Gasteiger partial charge in [0.15, 0.2) is 0 Å². The zero-order chi connectivity index (χ0) is 106. The summed E-state index contributed by atoms with van der Waals surface area (Å²) in [5.74, 6) is -17.8. The molecule has 14 rings (SSSR count). The minimum atomic E-state index is -3.77. The maximum atomic E-state index is 13.2. The fraction of sp³-hybridized carbons (Fsp3) is 0.676. The number of carbonyl (C=O) groups is 17. The Hall–Kier alpha value is -11.3. The predicted molar refractivity (Wildman–Crippen MR) is 512 cm³/mol. The summed E-state index contributed by atoms with van der Waals surface area (Å²) in [6.45, 7) is 36.8. The van der Waals surface area contributed by atoms with Crippen molar-refractivity contribution >= 4 is 111 Å². The highest BCUT2D eigenvalue weighted by atomic mass is 32.2. The van der Waals surface area contributed by atoms with Crippen molar-refractivity contribution in [1.29, 1.82) is 0 Å². The lowest BCUT2D eigenvalue weighted by Crippen LogP contribution is -2.54. The molecule has 792 valence electrons. The topological polar surface area (TPSA) is 597 Å². The molecule has 9 amide bonds. The van der Waals surface area contributed by atoms with E-state index < -0.39 is 192 Å². The second-order valence-electron chi connectivity index (χ2n) is 40.3. The largest absolute Gasteiger partial charge is 0.550 e. The van der Waals surface area contributed by atoms with E-state index in [1.54, 1.807) is 74.8 Å². The van der Waals surface area contributed by atoms with E-state index in [1.807, 2.05) is 18.2 Å². The number of allylic oxidation sites excluding steroid dienone is 3. The molecule has 12 saturated carbocycles. The Morgan fingerprint density at radius 3 is 0.930 bits per heavy atom. The van der Waals surface area contributed by atoms with Crippen molar-refractivity contribution in [2.45, 2.75) is 270 Å². The molecule has 0 spiro atoms. The first-order valence-corrected chi connectivity index (χ1v) is 51.4. The van der Waals surface area contributed by atoms with Crippen LogP contribution in [0.1, 0.15) is 201 Å². The number of carboxylic acids is 3. The first kappa shape index (κ1) is 115. The first-order valence-electron chi connectivity index (χ1n) is 49.9. The van der Waals surface area contributed by atoms with Crippen LogP contribution in [0.4, 0.5) is 0 Å². The van der Waals surface area contributed by atoms with Gasteiger partial charge in [0.1, 0.15) is 39.9 Å². The fourth-order valence-corrected chi connectivity index (χ4v) is 22.6. The third kappa shape index (κ3) is 27.7. The van der Waals surface area contributed by atoms with Crippen LogP contribution in [0.5, 0.6) is 0 Å². The lowest BCUT2D eigenvalue weighted by atomic mass is 9.93. The third-order valence-electron chi connectivity index (χ3n) is 30.3. The molecular weight excluding hydrogens is 1880 g/mol. The molecule has 2 saturated heterocycles. The molecule has 4 bridgehead atoms. The molecule has 2 heterocycles. The molecule has 0 radical (unpaired) electrons. The van der Waals surface area contributed by atoms with Gasteiger partial charge >= 0.3 is 41.8 Å². The van der Waals surface area contributed by atoms with E-state index in [4.69, 9.17) is 28.8 Å². The average Bonchev–Trinajstić information content (AvgIpc) is 1.58. The Balaban J connectivity index is 0.000000195. The van der Waals surface area contributed by atoms with Crippen molar-refractivity contribution < 1.29 is 149 Å². The summed E-state index contributed by atoms with van der Waals surface area (Å²) < 4.78 is 51.7. The van der Waals surface area contributed by atoms with Gasteiger partial charge in [-0.1, -0.05) is 48.6 Å². The highest BCUT2D eigenvalue weighted by Gasteiger charge is 2.67. The zero-order valence-electron chi connectivity index (χ0n) is 82.8. The summed E-state index contributed by atoms with van der Waals surface area (Å²) in [6, 6.07) is 0. The average molecular weight is 2030 g/mol. The number of ether oxygens (including phenoxy) is 5. The Morgan fingerprint density at radius 1 is 0.392 bits per heavy atom. The number of carboxylic acid groups (broad SMARTS) is 3. The van der Waals surface area contributed by atoms with E-state index in [-0.39, 0.29) is 167 Å². The lowest BCUT2D eigenvalue weighted by Gasteiger charge is -2.26. The van der Waals surface area contributed by atoms with E-state index >= 15 is 0 Å². The molecule has 14 fully saturated rings. The number of sulfonamides is 1. The summed E-state index contributed by atoms with van der Waals surface area (Å²) in [7, 11) is 1.34. The molecule has 0 aromatic rings. The van der Waals surface area contributed by atoms with Crippen molar-refractivity contribution in [3.63, 3.8) is 0 Å². The molecular formula is C102H146N9O31S-. The minimum Gasteiger partial charge on any atom is -0.550 e. The lowest BCUT2D eigenvalue weighted by molar-refractivity contribution is -0.312. The molecule has 0 aromatic carbocycles. The Bertz CT molecular complexity index is 4930. The molecule has 2 aliphatic heterocycles. The second kappa shape index (κ2) is 50.0. The molecule has 0 aromatic heterocycles. The molecule has 40 nitrogen and oxygen atoms in total. The molecule has 12 aliphatic carbocycles. The van der Waals surface area contributed by atoms with Gasteiger partial charge in [-0.2, -0.15) is 0 Å². The van der Waals surface area contributed by atoms with Gasteiger partial charge in [0, 0.05) is 88.2 Å². The molecule has 12 N–H and O–H groups in total. The molecule has 28 atom stereocenters. The van der Waals surface area contributed by atoms with Gasteiger partial charge in [-0.25, -0.2) is 27.6 Å². The number of aliphatic carboxylic acids is 3. The summed E-state index contributed by atoms with van der Waals surface area (Å²) in [5, 5.41) is 82.1. The molecule has 41 heteroatoms. The number of carbonyl (C=O) groups excluding carboxylic acids is 15. The predicted octanol–water partition coefficient (Wildman–Crippen LogP) is 3.34. The van der Waals surface area contributed by atoms with Crippen LogP contribution in [0.3, 0.4) is 0 Å². The molecule has 14 aliphatic rings. The standard InChI is InChI=1S/C23H35N3O6S.C22H34N2O5.C20H30N2O5.C15H21NO6.C15H19NO5.C7H8O4/c1-4-6-7-8-11-26(3)21(29)19-13-16(27)12-18(19)20(28)24-23(14-15(23)5-2)22(30)25-33(31,32)17-9-10-17;1-5-8-9-10-11-24(4)20(27)18-13-16(25)12-17(18)19(26)23-22(14-15(22)6-2)21(28)29-7-3;1-4-6-7-8-9-22(3)18(25)16-11-14(23)10-15(16)17(24)21-20(19(26)27)12-13(20)5-2;1-3-8-7-15(8,14(21)22-4-2)16-12(18)10-5-9(17)6-11(10)13(19)20;1-3-8-7-15(8,14(19)20-4-2)16-12(17)10-5-9-6-11(10)13(18)21-9;8-6(9)4-1-3-2-5(4)7(10)11-3/h4-5,15-19,27H,1-2,6-14H2,3H3,(H,24,28)(H,25,30);5-6,15-18,25H,1-2,7-14H2,3-4H3,(H,23,26);4-5,13-16,23H,1-2,6-12H2,3H3,(H,21,24)(H,26,27);3,8-11,17H,1,4-7H2,2H3,(H,16,18)(H,19,20);3,8-11H,1,4-7H2,2H3,(H,16,17);3-5H,1-2H2,(H,8,9)/p-1/t15-,16-,18-,19-,23-;15-,16-,17-,18-,22-;13-,14-,15-,16-,20-;8-,9-,10-,11-,15-;8-,9?,10?,11?,15-;/m11111./s1. The van der Waals surface area contributed by atoms with Crippen LogP contribution >= 0.6 is 0 Å². The van der Waals surface area contributed by atoms with Crippen molar-refractivity contribution in [3.05, 3.63) is 101 Å². The molecule has 6 unspecified atom stereocenters. The number of fused-ring (bicyclic) bond motifs is 4. The van der Waals surface area contributed by atoms with Crippen LogP contribution in [0, 0.1) is 101 Å². The summed E-state index contributed by atoms with van der Waals surface area (Å²) in [4.78, 5) is 212. The number of aliphatic hydroxyl groups excluding tert-OH is 4. The zero-order valence-corrected chi connectivity index (χ0v) is 83.6. The van der Waals surface area contributed by atoms with E-state index in [1.165, 1.54) is 12.2 Å². The smallest absolute Gasteiger partial charge is 0.332 e. The highest BCUT2D eigenvalue weighted by Crippen LogP contribution is 2.53. The number of aliphatic hydroxyl groups is 4. The van der Waals surface area contributed by atoms with E-state index in [0.717, 1.165) is 57.8 Å². The van der Waals surface area contributed by atoms with Gasteiger partial charge in [0.2, 0.25) is 57.3 Å². The van der Waals surface area contributed by atoms with Crippen molar-refractivity contribution in [1.82, 2.24) is 46.0 Å². The Kier molecular flexibility index (Phi) is 40.3. The minimum absolute atomic E-state index is 0.0162. The third-order valence-corrected chi connectivity index (χ3v) is 32.2. The Labute approximate surface area is 834 Å². The van der Waals surface area contributed by atoms with Crippen LogP contribution in [0.25, 0.3) is 0 Å². The number of hydrogen-bond acceptors (Lipinski definition) is 29. The van der Waals surface area contributed by atoms with Gasteiger partial charge < -0.3 is 106 Å². The number of nitrogens with zero attached hydrogens (tertiary/aromatic N) is 3. The van der Waals surface area contributed by atoms with Crippen LogP contribution in [-0.4, -0.2) is 285 Å². The summed E-state index contributed by atoms with van der Waals surface area (Å²) in [5.41, 5.74) is -5.94. The first-order chi connectivity index (χ1) is 67.7. The number of rotatable bonds is 45. The van der Waals surface area contributed by atoms with E-state index in [0.29, 0.717) is 83.8 Å². The van der Waals surface area contributed by atoms with Crippen molar-refractivity contribution in [2.75, 3.05) is 60.6 Å². The number of hydrogen-bond donors (Lipinski definition) is 12. The van der Waals surface area contributed by atoms with E-state index in [2.05, 4.69) is 83.9 Å². The monoisotopic (exact) mass is 2020 g/mol. The second-order valence-corrected chi connectivity index (χ2v) is 42.3. The van der Waals surface area contributed by atoms with Gasteiger partial charge in [0.05, 0.1) is 109 Å². The van der Waals surface area contributed by atoms with Gasteiger partial charge in [-0.3, -0.25) is 62.3 Å². The normalized spacial score (nSPS) is 33.8. The quantitative estimate of drug-likeness (QED) is 0.0180. The number of unbranched alkanes of at least 4 members (excludes halogenated alkanes) is 6. The van der Waals surface area contributed by atoms with Gasteiger partial charge in [-0.15, -0.1) is 52.6 Å². The van der Waals surface area contributed by atoms with Crippen molar-refractivity contribution in [3.8, 4) is 0 Å².